The lowest BCUT2D eigenvalue weighted by Gasteiger charge is -2.27. The maximum absolute atomic E-state index is 12.7. The number of sulfonamides is 1. The molecule has 0 saturated heterocycles. The highest BCUT2D eigenvalue weighted by molar-refractivity contribution is 9.10. The molecule has 1 heterocycles. The molecule has 3 rings (SSSR count). The minimum Gasteiger partial charge on any atom is -0.353 e. The Morgan fingerprint density at radius 3 is 2.03 bits per heavy atom. The van der Waals surface area contributed by atoms with Gasteiger partial charge in [-0.25, -0.2) is 13.2 Å². The minimum absolute atomic E-state index is 0.130. The van der Waals surface area contributed by atoms with Gasteiger partial charge in [-0.2, -0.15) is 0 Å². The monoisotopic (exact) mass is 480 g/mol. The summed E-state index contributed by atoms with van der Waals surface area (Å²) >= 11 is 3.12. The smallest absolute Gasteiger partial charge is 0.349 e. The van der Waals surface area contributed by atoms with Crippen molar-refractivity contribution in [1.29, 1.82) is 0 Å². The second-order valence-corrected chi connectivity index (χ2v) is 9.12. The first kappa shape index (κ1) is 21.2. The van der Waals surface area contributed by atoms with E-state index < -0.39 is 39.8 Å². The van der Waals surface area contributed by atoms with E-state index in [1.54, 1.807) is 36.9 Å². The van der Waals surface area contributed by atoms with E-state index in [-0.39, 0.29) is 20.5 Å². The van der Waals surface area contributed by atoms with E-state index in [9.17, 15) is 22.8 Å². The summed E-state index contributed by atoms with van der Waals surface area (Å²) < 4.78 is 25.1. The average molecular weight is 481 g/mol. The first-order valence-corrected chi connectivity index (χ1v) is 10.9. The Morgan fingerprint density at radius 2 is 1.52 bits per heavy atom. The number of benzene rings is 2. The molecule has 0 aromatic heterocycles. The van der Waals surface area contributed by atoms with Crippen LogP contribution in [-0.2, 0) is 19.7 Å². The van der Waals surface area contributed by atoms with Crippen molar-refractivity contribution in [1.82, 2.24) is 9.79 Å². The Hall–Kier alpha value is -2.56. The van der Waals surface area contributed by atoms with Gasteiger partial charge in [0.1, 0.15) is 6.04 Å². The number of fused-ring (bicyclic) bond motifs is 1. The van der Waals surface area contributed by atoms with Crippen molar-refractivity contribution in [2.45, 2.75) is 24.8 Å². The summed E-state index contributed by atoms with van der Waals surface area (Å²) in [5, 5.41) is 0. The molecule has 152 valence electrons. The maximum Gasteiger partial charge on any atom is 0.349 e. The molecule has 0 bridgehead atoms. The van der Waals surface area contributed by atoms with Crippen molar-refractivity contribution in [2.24, 2.45) is 5.92 Å². The van der Waals surface area contributed by atoms with Crippen LogP contribution in [0.25, 0.3) is 0 Å². The first-order chi connectivity index (χ1) is 13.6. The van der Waals surface area contributed by atoms with Gasteiger partial charge in [0.15, 0.2) is 0 Å². The lowest BCUT2D eigenvalue weighted by Crippen LogP contribution is -2.50. The van der Waals surface area contributed by atoms with Gasteiger partial charge < -0.3 is 4.84 Å². The number of nitrogens with one attached hydrogen (secondary N) is 1. The highest BCUT2D eigenvalue weighted by Gasteiger charge is 2.45. The van der Waals surface area contributed by atoms with Gasteiger partial charge in [0.25, 0.3) is 21.8 Å². The molecule has 1 atom stereocenters. The van der Waals surface area contributed by atoms with Crippen molar-refractivity contribution < 1.29 is 27.6 Å². The summed E-state index contributed by atoms with van der Waals surface area (Å²) in [5.74, 6) is -2.84. The normalized spacial score (nSPS) is 14.8. The van der Waals surface area contributed by atoms with Crippen LogP contribution in [0.4, 0.5) is 0 Å². The molecule has 2 amide bonds. The molecular weight excluding hydrogens is 464 g/mol. The Morgan fingerprint density at radius 1 is 1.00 bits per heavy atom. The number of imide groups is 1. The highest BCUT2D eigenvalue weighted by atomic mass is 79.9. The molecule has 29 heavy (non-hydrogen) atoms. The van der Waals surface area contributed by atoms with E-state index in [4.69, 9.17) is 4.84 Å². The molecule has 2 aromatic carbocycles. The molecule has 0 saturated carbocycles. The fourth-order valence-electron chi connectivity index (χ4n) is 3.00. The Balaban J connectivity index is 1.82. The van der Waals surface area contributed by atoms with Crippen LogP contribution in [0.1, 0.15) is 34.6 Å². The van der Waals surface area contributed by atoms with E-state index in [1.165, 1.54) is 30.3 Å². The Bertz CT molecular complexity index is 1060. The van der Waals surface area contributed by atoms with Gasteiger partial charge >= 0.3 is 5.97 Å². The van der Waals surface area contributed by atoms with Crippen LogP contribution in [0, 0.1) is 5.92 Å². The molecule has 0 aliphatic carbocycles. The summed E-state index contributed by atoms with van der Waals surface area (Å²) in [6.45, 7) is 3.25. The number of amides is 2. The summed E-state index contributed by atoms with van der Waals surface area (Å²) in [7, 11) is -4.18. The zero-order chi connectivity index (χ0) is 21.3. The molecule has 0 spiro atoms. The molecule has 1 aliphatic heterocycles. The van der Waals surface area contributed by atoms with Crippen LogP contribution >= 0.6 is 15.9 Å². The summed E-state index contributed by atoms with van der Waals surface area (Å²) in [4.78, 5) is 45.3. The second kappa shape index (κ2) is 8.05. The van der Waals surface area contributed by atoms with Crippen molar-refractivity contribution >= 4 is 43.7 Å². The maximum atomic E-state index is 12.7. The fraction of sp³-hybridized carbons (Fsp3) is 0.211. The molecule has 0 radical (unpaired) electrons. The third kappa shape index (κ3) is 3.96. The van der Waals surface area contributed by atoms with Crippen LogP contribution in [0.3, 0.4) is 0 Å². The van der Waals surface area contributed by atoms with Crippen molar-refractivity contribution in [2.75, 3.05) is 0 Å². The lowest BCUT2D eigenvalue weighted by atomic mass is 10.0. The van der Waals surface area contributed by atoms with Gasteiger partial charge in [0, 0.05) is 4.47 Å². The van der Waals surface area contributed by atoms with E-state index in [2.05, 4.69) is 15.9 Å². The molecular formula is C19H17BrN2O6S. The standard InChI is InChI=1S/C19H17BrN2O6S/c1-11(2)16(22-17(23)12-7-3-4-8-13(12)18(22)24)19(25)28-21-29(26,27)15-10-6-5-9-14(15)20/h3-11,16,21H,1-2H3/t16-/m0/s1. The predicted molar refractivity (Wildman–Crippen MR) is 106 cm³/mol. The van der Waals surface area contributed by atoms with Crippen molar-refractivity contribution in [3.63, 3.8) is 0 Å². The van der Waals surface area contributed by atoms with Crippen LogP contribution in [0.2, 0.25) is 0 Å². The third-order valence-corrected chi connectivity index (χ3v) is 6.55. The predicted octanol–water partition coefficient (Wildman–Crippen LogP) is 2.51. The molecule has 10 heteroatoms. The fourth-order valence-corrected chi connectivity index (χ4v) is 4.79. The minimum atomic E-state index is -4.18. The zero-order valence-corrected chi connectivity index (χ0v) is 17.9. The number of carbonyl (C=O) groups is 3. The Labute approximate surface area is 176 Å². The topological polar surface area (TPSA) is 110 Å². The van der Waals surface area contributed by atoms with Gasteiger partial charge in [0.2, 0.25) is 0 Å². The van der Waals surface area contributed by atoms with E-state index in [1.807, 2.05) is 0 Å². The summed E-state index contributed by atoms with van der Waals surface area (Å²) in [6, 6.07) is 10.9. The number of hydrogen-bond donors (Lipinski definition) is 1. The highest BCUT2D eigenvalue weighted by Crippen LogP contribution is 2.28. The first-order valence-electron chi connectivity index (χ1n) is 8.59. The molecule has 1 N–H and O–H groups in total. The van der Waals surface area contributed by atoms with Gasteiger partial charge in [-0.3, -0.25) is 14.5 Å². The van der Waals surface area contributed by atoms with Crippen LogP contribution in [-0.4, -0.2) is 37.1 Å². The number of nitrogens with zero attached hydrogens (tertiary/aromatic N) is 1. The van der Waals surface area contributed by atoms with Crippen molar-refractivity contribution in [3.05, 3.63) is 64.1 Å². The van der Waals surface area contributed by atoms with Gasteiger partial charge in [-0.05, 0) is 51.0 Å². The van der Waals surface area contributed by atoms with E-state index in [0.29, 0.717) is 0 Å². The average Bonchev–Trinajstić information content (AvgIpc) is 2.92. The second-order valence-electron chi connectivity index (χ2n) is 6.65. The lowest BCUT2D eigenvalue weighted by molar-refractivity contribution is -0.153. The van der Waals surface area contributed by atoms with Crippen LogP contribution in [0.5, 0.6) is 0 Å². The van der Waals surface area contributed by atoms with Crippen LogP contribution < -0.4 is 4.89 Å². The van der Waals surface area contributed by atoms with Gasteiger partial charge in [-0.1, -0.05) is 38.1 Å². The van der Waals surface area contributed by atoms with E-state index >= 15 is 0 Å². The SMILES string of the molecule is CC(C)[C@@H](C(=O)ONS(=O)(=O)c1ccccc1Br)N1C(=O)c2ccccc2C1=O. The van der Waals surface area contributed by atoms with Gasteiger partial charge in [-0.15, -0.1) is 0 Å². The molecule has 2 aromatic rings. The van der Waals surface area contributed by atoms with Crippen LogP contribution in [0.15, 0.2) is 57.9 Å². The number of carbonyl (C=O) groups excluding carboxylic acids is 3. The van der Waals surface area contributed by atoms with Crippen molar-refractivity contribution in [3.8, 4) is 0 Å². The molecule has 0 unspecified atom stereocenters. The quantitative estimate of drug-likeness (QED) is 0.502. The zero-order valence-electron chi connectivity index (χ0n) is 15.5. The molecule has 1 aliphatic rings. The Kier molecular flexibility index (Phi) is 5.87. The third-order valence-electron chi connectivity index (χ3n) is 4.35. The van der Waals surface area contributed by atoms with E-state index in [0.717, 1.165) is 4.90 Å². The van der Waals surface area contributed by atoms with Gasteiger partial charge in [0.05, 0.1) is 16.0 Å². The summed E-state index contributed by atoms with van der Waals surface area (Å²) in [6.07, 6.45) is 0. The number of halogens is 1. The molecule has 0 fully saturated rings. The molecule has 8 nitrogen and oxygen atoms in total. The summed E-state index contributed by atoms with van der Waals surface area (Å²) in [5.41, 5.74) is 0.370. The number of rotatable bonds is 6. The largest absolute Gasteiger partial charge is 0.353 e. The number of hydrogen-bond acceptors (Lipinski definition) is 6.